The highest BCUT2D eigenvalue weighted by Gasteiger charge is 1.96. The molecule has 0 radical (unpaired) electrons. The summed E-state index contributed by atoms with van der Waals surface area (Å²) in [4.78, 5) is 1.06. The molecule has 0 unspecified atom stereocenters. The van der Waals surface area contributed by atoms with Gasteiger partial charge in [-0.3, -0.25) is 0 Å². The Hall–Kier alpha value is -0.430. The molecule has 0 atom stereocenters. The molecule has 0 fully saturated rings. The summed E-state index contributed by atoms with van der Waals surface area (Å²) in [6.07, 6.45) is 0. The first kappa shape index (κ1) is 7.67. The van der Waals surface area contributed by atoms with E-state index < -0.39 is 0 Å². The van der Waals surface area contributed by atoms with Crippen molar-refractivity contribution in [1.82, 2.24) is 0 Å². The van der Waals surface area contributed by atoms with E-state index in [1.807, 2.05) is 0 Å². The van der Waals surface area contributed by atoms with E-state index in [0.717, 1.165) is 4.90 Å². The molecule has 54 valence electrons. The largest absolute Gasteiger partial charge is 0.143 e. The second-order valence-electron chi connectivity index (χ2n) is 2.70. The average molecular weight is 152 g/mol. The molecule has 0 aliphatic heterocycles. The first-order valence-corrected chi connectivity index (χ1v) is 3.83. The van der Waals surface area contributed by atoms with Crippen LogP contribution in [0.5, 0.6) is 0 Å². The third kappa shape index (κ3) is 1.35. The zero-order chi connectivity index (χ0) is 7.72. The van der Waals surface area contributed by atoms with Gasteiger partial charge in [0.1, 0.15) is 0 Å². The van der Waals surface area contributed by atoms with Crippen molar-refractivity contribution in [1.29, 1.82) is 0 Å². The van der Waals surface area contributed by atoms with E-state index in [1.165, 1.54) is 16.7 Å². The number of rotatable bonds is 0. The lowest BCUT2D eigenvalue weighted by atomic mass is 10.1. The second kappa shape index (κ2) is 2.67. The molecule has 0 aromatic heterocycles. The molecule has 10 heavy (non-hydrogen) atoms. The lowest BCUT2D eigenvalue weighted by Gasteiger charge is -2.04. The normalized spacial score (nSPS) is 10.0. The Labute approximate surface area is 67.7 Å². The van der Waals surface area contributed by atoms with Gasteiger partial charge in [0.05, 0.1) is 0 Å². The van der Waals surface area contributed by atoms with Crippen LogP contribution in [0.2, 0.25) is 0 Å². The van der Waals surface area contributed by atoms with Crippen molar-refractivity contribution in [2.24, 2.45) is 0 Å². The van der Waals surface area contributed by atoms with Gasteiger partial charge in [-0.15, -0.1) is 12.6 Å². The summed E-state index contributed by atoms with van der Waals surface area (Å²) >= 11 is 4.27. The molecule has 0 saturated carbocycles. The van der Waals surface area contributed by atoms with Crippen LogP contribution in [0, 0.1) is 20.8 Å². The Morgan fingerprint density at radius 2 is 1.40 bits per heavy atom. The van der Waals surface area contributed by atoms with Gasteiger partial charge in [0.25, 0.3) is 0 Å². The Bertz CT molecular complexity index is 228. The Balaban J connectivity index is 3.31. The molecule has 0 aliphatic carbocycles. The molecule has 1 rings (SSSR count). The molecule has 0 heterocycles. The van der Waals surface area contributed by atoms with E-state index in [9.17, 15) is 0 Å². The quantitative estimate of drug-likeness (QED) is 0.543. The molecule has 0 spiro atoms. The van der Waals surface area contributed by atoms with Crippen molar-refractivity contribution >= 4 is 12.6 Å². The van der Waals surface area contributed by atoms with Gasteiger partial charge < -0.3 is 0 Å². The van der Waals surface area contributed by atoms with Crippen LogP contribution in [0.4, 0.5) is 0 Å². The van der Waals surface area contributed by atoms with Crippen molar-refractivity contribution in [2.45, 2.75) is 25.7 Å². The molecular weight excluding hydrogens is 140 g/mol. The van der Waals surface area contributed by atoms with Crippen molar-refractivity contribution in [2.75, 3.05) is 0 Å². The molecule has 0 amide bonds. The fraction of sp³-hybridized carbons (Fsp3) is 0.333. The maximum atomic E-state index is 4.27. The van der Waals surface area contributed by atoms with Gasteiger partial charge in [-0.1, -0.05) is 0 Å². The standard InChI is InChI=1S/C9H12S/c1-6-4-9(10)5-7(2)8(6)3/h4-5,10H,1-3H3. The van der Waals surface area contributed by atoms with Gasteiger partial charge >= 0.3 is 0 Å². The molecule has 0 nitrogen and oxygen atoms in total. The van der Waals surface area contributed by atoms with E-state index in [0.29, 0.717) is 0 Å². The van der Waals surface area contributed by atoms with Gasteiger partial charge in [-0.2, -0.15) is 0 Å². The predicted octanol–water partition coefficient (Wildman–Crippen LogP) is 2.90. The van der Waals surface area contributed by atoms with Crippen LogP contribution in [0.15, 0.2) is 17.0 Å². The van der Waals surface area contributed by atoms with E-state index in [4.69, 9.17) is 0 Å². The van der Waals surface area contributed by atoms with Crippen molar-refractivity contribution in [3.63, 3.8) is 0 Å². The Morgan fingerprint density at radius 3 is 1.80 bits per heavy atom. The summed E-state index contributed by atoms with van der Waals surface area (Å²) in [6, 6.07) is 4.18. The van der Waals surface area contributed by atoms with Crippen LogP contribution >= 0.6 is 12.6 Å². The highest BCUT2D eigenvalue weighted by molar-refractivity contribution is 7.80. The molecule has 0 N–H and O–H groups in total. The summed E-state index contributed by atoms with van der Waals surface area (Å²) in [6.45, 7) is 6.36. The minimum atomic E-state index is 1.06. The second-order valence-corrected chi connectivity index (χ2v) is 3.22. The van der Waals surface area contributed by atoms with E-state index >= 15 is 0 Å². The van der Waals surface area contributed by atoms with E-state index in [1.54, 1.807) is 0 Å². The number of hydrogen-bond donors (Lipinski definition) is 1. The summed E-state index contributed by atoms with van der Waals surface area (Å²) in [7, 11) is 0. The minimum absolute atomic E-state index is 1.06. The Morgan fingerprint density at radius 1 is 1.00 bits per heavy atom. The fourth-order valence-corrected chi connectivity index (χ4v) is 1.40. The molecule has 1 heteroatoms. The van der Waals surface area contributed by atoms with Crippen LogP contribution in [-0.4, -0.2) is 0 Å². The molecule has 0 bridgehead atoms. The van der Waals surface area contributed by atoms with Crippen LogP contribution in [-0.2, 0) is 0 Å². The topological polar surface area (TPSA) is 0 Å². The summed E-state index contributed by atoms with van der Waals surface area (Å²) in [5, 5.41) is 0. The van der Waals surface area contributed by atoms with Crippen LogP contribution < -0.4 is 0 Å². The summed E-state index contributed by atoms with van der Waals surface area (Å²) in [5.74, 6) is 0. The molecule has 0 aliphatic rings. The number of aryl methyl sites for hydroxylation is 2. The van der Waals surface area contributed by atoms with E-state index in [-0.39, 0.29) is 0 Å². The first-order chi connectivity index (χ1) is 4.61. The van der Waals surface area contributed by atoms with Crippen molar-refractivity contribution in [3.8, 4) is 0 Å². The maximum absolute atomic E-state index is 4.27. The predicted molar refractivity (Wildman–Crippen MR) is 47.9 cm³/mol. The summed E-state index contributed by atoms with van der Waals surface area (Å²) < 4.78 is 0. The number of benzene rings is 1. The van der Waals surface area contributed by atoms with Gasteiger partial charge in [-0.05, 0) is 49.6 Å². The van der Waals surface area contributed by atoms with Crippen LogP contribution in [0.1, 0.15) is 16.7 Å². The number of hydrogen-bond acceptors (Lipinski definition) is 1. The molecule has 1 aromatic rings. The highest BCUT2D eigenvalue weighted by Crippen LogP contribution is 2.17. The third-order valence-corrected chi connectivity index (χ3v) is 2.17. The van der Waals surface area contributed by atoms with Gasteiger partial charge in [0.2, 0.25) is 0 Å². The average Bonchev–Trinajstić information content (AvgIpc) is 1.82. The smallest absolute Gasteiger partial charge is 0.00454 e. The minimum Gasteiger partial charge on any atom is -0.143 e. The highest BCUT2D eigenvalue weighted by atomic mass is 32.1. The lowest BCUT2D eigenvalue weighted by Crippen LogP contribution is -1.85. The molecule has 1 aromatic carbocycles. The molecule has 0 saturated heterocycles. The molecular formula is C9H12S. The monoisotopic (exact) mass is 152 g/mol. The van der Waals surface area contributed by atoms with Gasteiger partial charge in [-0.25, -0.2) is 0 Å². The van der Waals surface area contributed by atoms with Crippen LogP contribution in [0.25, 0.3) is 0 Å². The lowest BCUT2D eigenvalue weighted by molar-refractivity contribution is 1.22. The van der Waals surface area contributed by atoms with Crippen molar-refractivity contribution < 1.29 is 0 Å². The maximum Gasteiger partial charge on any atom is 0.00454 e. The number of thiol groups is 1. The van der Waals surface area contributed by atoms with Gasteiger partial charge in [0, 0.05) is 4.90 Å². The third-order valence-electron chi connectivity index (χ3n) is 1.91. The fourth-order valence-electron chi connectivity index (χ4n) is 1.01. The summed E-state index contributed by atoms with van der Waals surface area (Å²) in [5.41, 5.74) is 4.02. The SMILES string of the molecule is Cc1cc(S)cc(C)c1C. The Kier molecular flexibility index (Phi) is 2.05. The zero-order valence-electron chi connectivity index (χ0n) is 6.60. The van der Waals surface area contributed by atoms with Gasteiger partial charge in [0.15, 0.2) is 0 Å². The first-order valence-electron chi connectivity index (χ1n) is 3.38. The van der Waals surface area contributed by atoms with Crippen molar-refractivity contribution in [3.05, 3.63) is 28.8 Å². The van der Waals surface area contributed by atoms with E-state index in [2.05, 4.69) is 45.5 Å². The zero-order valence-corrected chi connectivity index (χ0v) is 7.50. The van der Waals surface area contributed by atoms with Crippen LogP contribution in [0.3, 0.4) is 0 Å².